The highest BCUT2D eigenvalue weighted by atomic mass is 19.1. The van der Waals surface area contributed by atoms with Crippen molar-refractivity contribution in [2.75, 3.05) is 6.54 Å². The Morgan fingerprint density at radius 2 is 2.17 bits per heavy atom. The lowest BCUT2D eigenvalue weighted by molar-refractivity contribution is 0.466. The molecule has 1 N–H and O–H groups in total. The molecule has 4 nitrogen and oxygen atoms in total. The van der Waals surface area contributed by atoms with Crippen LogP contribution >= 0.6 is 0 Å². The molecular weight excluding hydrogens is 231 g/mol. The lowest BCUT2D eigenvalue weighted by atomic mass is 10.2. The van der Waals surface area contributed by atoms with Crippen molar-refractivity contribution in [1.82, 2.24) is 20.3 Å². The SMILES string of the molecule is Fc1ccc(-c2cn(C[C@@H]3CCCN3)nn2)cc1. The van der Waals surface area contributed by atoms with Crippen molar-refractivity contribution in [3.05, 3.63) is 36.3 Å². The van der Waals surface area contributed by atoms with Gasteiger partial charge in [-0.3, -0.25) is 4.68 Å². The summed E-state index contributed by atoms with van der Waals surface area (Å²) in [5.41, 5.74) is 1.68. The fourth-order valence-electron chi connectivity index (χ4n) is 2.28. The summed E-state index contributed by atoms with van der Waals surface area (Å²) in [6, 6.07) is 6.81. The van der Waals surface area contributed by atoms with Gasteiger partial charge in [-0.1, -0.05) is 5.21 Å². The normalized spacial score (nSPS) is 19.3. The number of nitrogens with one attached hydrogen (secondary N) is 1. The van der Waals surface area contributed by atoms with Gasteiger partial charge >= 0.3 is 0 Å². The van der Waals surface area contributed by atoms with Crippen LogP contribution in [0.15, 0.2) is 30.5 Å². The lowest BCUT2D eigenvalue weighted by Crippen LogP contribution is -2.26. The summed E-state index contributed by atoms with van der Waals surface area (Å²) in [5, 5.41) is 11.7. The number of rotatable bonds is 3. The predicted octanol–water partition coefficient (Wildman–Crippen LogP) is 1.84. The van der Waals surface area contributed by atoms with Gasteiger partial charge in [0.25, 0.3) is 0 Å². The van der Waals surface area contributed by atoms with Crippen molar-refractivity contribution in [1.29, 1.82) is 0 Å². The third-order valence-corrected chi connectivity index (χ3v) is 3.25. The Kier molecular flexibility index (Phi) is 3.06. The third kappa shape index (κ3) is 2.41. The molecule has 1 aromatic carbocycles. The summed E-state index contributed by atoms with van der Waals surface area (Å²) in [5.74, 6) is -0.235. The molecule has 1 fully saturated rings. The zero-order chi connectivity index (χ0) is 12.4. The molecule has 0 radical (unpaired) electrons. The van der Waals surface area contributed by atoms with Crippen LogP contribution in [0.25, 0.3) is 11.3 Å². The first-order valence-electron chi connectivity index (χ1n) is 6.21. The molecule has 0 spiro atoms. The molecule has 2 aromatic rings. The van der Waals surface area contributed by atoms with Crippen LogP contribution in [0.3, 0.4) is 0 Å². The van der Waals surface area contributed by atoms with E-state index in [0.717, 1.165) is 24.3 Å². The van der Waals surface area contributed by atoms with E-state index >= 15 is 0 Å². The molecular formula is C13H15FN4. The van der Waals surface area contributed by atoms with Crippen LogP contribution < -0.4 is 5.32 Å². The highest BCUT2D eigenvalue weighted by Gasteiger charge is 2.15. The van der Waals surface area contributed by atoms with Gasteiger partial charge in [0.2, 0.25) is 0 Å². The van der Waals surface area contributed by atoms with Gasteiger partial charge in [-0.2, -0.15) is 0 Å². The van der Waals surface area contributed by atoms with E-state index in [1.807, 2.05) is 10.9 Å². The number of hydrogen-bond acceptors (Lipinski definition) is 3. The Balaban J connectivity index is 1.74. The summed E-state index contributed by atoms with van der Waals surface area (Å²) in [6.45, 7) is 1.93. The summed E-state index contributed by atoms with van der Waals surface area (Å²) >= 11 is 0. The zero-order valence-corrected chi connectivity index (χ0v) is 10.0. The van der Waals surface area contributed by atoms with Crippen LogP contribution in [-0.4, -0.2) is 27.6 Å². The highest BCUT2D eigenvalue weighted by Crippen LogP contribution is 2.16. The molecule has 0 unspecified atom stereocenters. The minimum absolute atomic E-state index is 0.235. The molecule has 1 aliphatic rings. The van der Waals surface area contributed by atoms with Gasteiger partial charge in [-0.05, 0) is 43.7 Å². The molecule has 1 saturated heterocycles. The van der Waals surface area contributed by atoms with Crippen LogP contribution in [0.2, 0.25) is 0 Å². The maximum absolute atomic E-state index is 12.8. The van der Waals surface area contributed by atoms with E-state index in [1.165, 1.54) is 25.0 Å². The lowest BCUT2D eigenvalue weighted by Gasteiger charge is -2.08. The van der Waals surface area contributed by atoms with Crippen LogP contribution in [-0.2, 0) is 6.54 Å². The molecule has 1 aromatic heterocycles. The number of aromatic nitrogens is 3. The standard InChI is InChI=1S/C13H15FN4/c14-11-5-3-10(4-6-11)13-9-18(17-16-13)8-12-2-1-7-15-12/h3-6,9,12,15H,1-2,7-8H2/t12-/m0/s1. The first-order valence-corrected chi connectivity index (χ1v) is 6.21. The van der Waals surface area contributed by atoms with Crippen LogP contribution in [0.1, 0.15) is 12.8 Å². The molecule has 94 valence electrons. The largest absolute Gasteiger partial charge is 0.312 e. The fourth-order valence-corrected chi connectivity index (χ4v) is 2.28. The second kappa shape index (κ2) is 4.86. The molecule has 1 atom stereocenters. The minimum Gasteiger partial charge on any atom is -0.312 e. The van der Waals surface area contributed by atoms with Crippen LogP contribution in [0, 0.1) is 5.82 Å². The van der Waals surface area contributed by atoms with E-state index in [1.54, 1.807) is 12.1 Å². The maximum atomic E-state index is 12.8. The second-order valence-corrected chi connectivity index (χ2v) is 4.63. The van der Waals surface area contributed by atoms with Crippen molar-refractivity contribution >= 4 is 0 Å². The van der Waals surface area contributed by atoms with E-state index in [2.05, 4.69) is 15.6 Å². The number of halogens is 1. The van der Waals surface area contributed by atoms with Gasteiger partial charge in [0.15, 0.2) is 0 Å². The summed E-state index contributed by atoms with van der Waals surface area (Å²) in [7, 11) is 0. The topological polar surface area (TPSA) is 42.7 Å². The predicted molar refractivity (Wildman–Crippen MR) is 66.4 cm³/mol. The van der Waals surface area contributed by atoms with Gasteiger partial charge in [-0.15, -0.1) is 5.10 Å². The molecule has 0 aliphatic carbocycles. The molecule has 0 saturated carbocycles. The fraction of sp³-hybridized carbons (Fsp3) is 0.385. The summed E-state index contributed by atoms with van der Waals surface area (Å²) in [4.78, 5) is 0. The molecule has 1 aliphatic heterocycles. The Hall–Kier alpha value is -1.75. The molecule has 5 heteroatoms. The van der Waals surface area contributed by atoms with Crippen LogP contribution in [0.5, 0.6) is 0 Å². The molecule has 3 rings (SSSR count). The highest BCUT2D eigenvalue weighted by molar-refractivity contribution is 5.57. The summed E-state index contributed by atoms with van der Waals surface area (Å²) in [6.07, 6.45) is 4.32. The summed E-state index contributed by atoms with van der Waals surface area (Å²) < 4.78 is 14.7. The van der Waals surface area contributed by atoms with E-state index in [0.29, 0.717) is 6.04 Å². The Bertz CT molecular complexity index is 514. The number of hydrogen-bond donors (Lipinski definition) is 1. The first kappa shape index (κ1) is 11.3. The van der Waals surface area contributed by atoms with Gasteiger partial charge in [-0.25, -0.2) is 4.39 Å². The number of nitrogens with zero attached hydrogens (tertiary/aromatic N) is 3. The number of benzene rings is 1. The maximum Gasteiger partial charge on any atom is 0.123 e. The Morgan fingerprint density at radius 1 is 1.33 bits per heavy atom. The Labute approximate surface area is 105 Å². The average molecular weight is 246 g/mol. The van der Waals surface area contributed by atoms with Crippen molar-refractivity contribution in [3.8, 4) is 11.3 Å². The minimum atomic E-state index is -0.235. The van der Waals surface area contributed by atoms with Crippen molar-refractivity contribution in [2.24, 2.45) is 0 Å². The van der Waals surface area contributed by atoms with E-state index in [-0.39, 0.29) is 5.82 Å². The molecule has 18 heavy (non-hydrogen) atoms. The zero-order valence-electron chi connectivity index (χ0n) is 10.0. The van der Waals surface area contributed by atoms with Gasteiger partial charge in [0.05, 0.1) is 12.7 Å². The molecule has 0 amide bonds. The van der Waals surface area contributed by atoms with Crippen molar-refractivity contribution in [3.63, 3.8) is 0 Å². The van der Waals surface area contributed by atoms with E-state index < -0.39 is 0 Å². The smallest absolute Gasteiger partial charge is 0.123 e. The van der Waals surface area contributed by atoms with Crippen molar-refractivity contribution in [2.45, 2.75) is 25.4 Å². The quantitative estimate of drug-likeness (QED) is 0.898. The second-order valence-electron chi connectivity index (χ2n) is 4.63. The molecule has 0 bridgehead atoms. The van der Waals surface area contributed by atoms with E-state index in [4.69, 9.17) is 0 Å². The average Bonchev–Trinajstić information content (AvgIpc) is 3.02. The van der Waals surface area contributed by atoms with Gasteiger partial charge in [0.1, 0.15) is 11.5 Å². The Morgan fingerprint density at radius 3 is 2.89 bits per heavy atom. The van der Waals surface area contributed by atoms with Gasteiger partial charge < -0.3 is 5.32 Å². The monoisotopic (exact) mass is 246 g/mol. The van der Waals surface area contributed by atoms with Crippen molar-refractivity contribution < 1.29 is 4.39 Å². The third-order valence-electron chi connectivity index (χ3n) is 3.25. The molecule has 2 heterocycles. The van der Waals surface area contributed by atoms with Crippen LogP contribution in [0.4, 0.5) is 4.39 Å². The first-order chi connectivity index (χ1) is 8.81. The van der Waals surface area contributed by atoms with Gasteiger partial charge in [0, 0.05) is 11.6 Å². The van der Waals surface area contributed by atoms with E-state index in [9.17, 15) is 4.39 Å².